The van der Waals surface area contributed by atoms with Gasteiger partial charge in [0.1, 0.15) is 11.2 Å². The van der Waals surface area contributed by atoms with Gasteiger partial charge in [-0.05, 0) is 69.4 Å². The van der Waals surface area contributed by atoms with Crippen molar-refractivity contribution in [2.45, 2.75) is 0 Å². The maximum Gasteiger partial charge on any atom is 0.164 e. The first-order chi connectivity index (χ1) is 26.7. The molecule has 0 atom stereocenters. The van der Waals surface area contributed by atoms with E-state index in [0.29, 0.717) is 17.5 Å². The zero-order valence-corrected chi connectivity index (χ0v) is 29.7. The van der Waals surface area contributed by atoms with E-state index in [0.717, 1.165) is 66.3 Å². The summed E-state index contributed by atoms with van der Waals surface area (Å²) in [5.41, 5.74) is 8.84. The maximum absolute atomic E-state index is 6.57. The minimum Gasteiger partial charge on any atom is -0.456 e. The monoisotopic (exact) mass is 707 g/mol. The molecule has 0 fully saturated rings. The average molecular weight is 708 g/mol. The summed E-state index contributed by atoms with van der Waals surface area (Å²) in [4.78, 5) is 15.9. The molecule has 252 valence electrons. The third-order valence-corrected chi connectivity index (χ3v) is 11.5. The summed E-state index contributed by atoms with van der Waals surface area (Å²) in [5.74, 6) is 1.84. The second-order valence-electron chi connectivity index (χ2n) is 13.6. The van der Waals surface area contributed by atoms with Gasteiger partial charge >= 0.3 is 0 Å². The lowest BCUT2D eigenvalue weighted by molar-refractivity contribution is 0.669. The van der Waals surface area contributed by atoms with Crippen LogP contribution >= 0.6 is 11.3 Å². The highest BCUT2D eigenvalue weighted by Gasteiger charge is 2.21. The van der Waals surface area contributed by atoms with Crippen LogP contribution in [-0.4, -0.2) is 15.0 Å². The smallest absolute Gasteiger partial charge is 0.164 e. The van der Waals surface area contributed by atoms with Gasteiger partial charge in [-0.1, -0.05) is 140 Å². The number of aromatic nitrogens is 3. The molecule has 0 saturated heterocycles. The van der Waals surface area contributed by atoms with E-state index in [-0.39, 0.29) is 0 Å². The van der Waals surface area contributed by atoms with E-state index in [1.807, 2.05) is 18.2 Å². The van der Waals surface area contributed by atoms with Crippen molar-refractivity contribution in [2.24, 2.45) is 0 Å². The molecule has 0 unspecified atom stereocenters. The summed E-state index contributed by atoms with van der Waals surface area (Å²) in [7, 11) is 0. The van der Waals surface area contributed by atoms with E-state index in [2.05, 4.69) is 158 Å². The van der Waals surface area contributed by atoms with E-state index in [9.17, 15) is 0 Å². The van der Waals surface area contributed by atoms with Crippen molar-refractivity contribution < 1.29 is 4.42 Å². The molecule has 8 aromatic carbocycles. The first-order valence-electron chi connectivity index (χ1n) is 18.0. The number of fused-ring (bicyclic) bond motifs is 7. The van der Waals surface area contributed by atoms with Crippen LogP contribution < -0.4 is 0 Å². The Hall–Kier alpha value is -6.95. The highest BCUT2D eigenvalue weighted by atomic mass is 32.1. The van der Waals surface area contributed by atoms with Gasteiger partial charge in [-0.25, -0.2) is 15.0 Å². The third kappa shape index (κ3) is 5.09. The molecule has 3 heterocycles. The summed E-state index contributed by atoms with van der Waals surface area (Å²) in [5, 5.41) is 6.74. The molecule has 0 spiro atoms. The Morgan fingerprint density at radius 1 is 0.352 bits per heavy atom. The highest BCUT2D eigenvalue weighted by molar-refractivity contribution is 7.25. The Morgan fingerprint density at radius 3 is 1.87 bits per heavy atom. The van der Waals surface area contributed by atoms with Gasteiger partial charge in [0.25, 0.3) is 0 Å². The Balaban J connectivity index is 1.19. The zero-order valence-electron chi connectivity index (χ0n) is 28.9. The van der Waals surface area contributed by atoms with Crippen molar-refractivity contribution in [1.82, 2.24) is 15.0 Å². The molecule has 0 aliphatic heterocycles. The molecule has 54 heavy (non-hydrogen) atoms. The fourth-order valence-electron chi connectivity index (χ4n) is 7.72. The third-order valence-electron chi connectivity index (χ3n) is 10.3. The lowest BCUT2D eigenvalue weighted by Crippen LogP contribution is -2.01. The Bertz CT molecular complexity index is 3220. The fraction of sp³-hybridized carbons (Fsp3) is 0. The molecule has 5 heteroatoms. The van der Waals surface area contributed by atoms with Gasteiger partial charge in [-0.2, -0.15) is 0 Å². The molecule has 0 radical (unpaired) electrons. The van der Waals surface area contributed by atoms with Crippen molar-refractivity contribution in [3.05, 3.63) is 176 Å². The average Bonchev–Trinajstić information content (AvgIpc) is 3.82. The van der Waals surface area contributed by atoms with Crippen LogP contribution in [-0.2, 0) is 0 Å². The van der Waals surface area contributed by atoms with E-state index in [1.54, 1.807) is 11.3 Å². The number of furan rings is 1. The first-order valence-corrected chi connectivity index (χ1v) is 18.8. The van der Waals surface area contributed by atoms with Gasteiger partial charge in [0.2, 0.25) is 0 Å². The molecule has 0 aliphatic carbocycles. The predicted molar refractivity (Wildman–Crippen MR) is 225 cm³/mol. The minimum absolute atomic E-state index is 0.595. The van der Waals surface area contributed by atoms with E-state index < -0.39 is 0 Å². The van der Waals surface area contributed by atoms with Gasteiger partial charge in [0.05, 0.1) is 0 Å². The minimum atomic E-state index is 0.595. The molecular weight excluding hydrogens is 679 g/mol. The van der Waals surface area contributed by atoms with Crippen LogP contribution in [0.15, 0.2) is 180 Å². The van der Waals surface area contributed by atoms with Crippen molar-refractivity contribution in [3.63, 3.8) is 0 Å². The summed E-state index contributed by atoms with van der Waals surface area (Å²) in [6, 6.07) is 61.5. The highest BCUT2D eigenvalue weighted by Crippen LogP contribution is 2.42. The molecular formula is C49H29N3OS. The number of para-hydroxylation sites is 1. The largest absolute Gasteiger partial charge is 0.456 e. The van der Waals surface area contributed by atoms with Crippen molar-refractivity contribution in [2.75, 3.05) is 0 Å². The van der Waals surface area contributed by atoms with Gasteiger partial charge in [0, 0.05) is 47.6 Å². The van der Waals surface area contributed by atoms with Crippen molar-refractivity contribution >= 4 is 64.2 Å². The maximum atomic E-state index is 6.57. The fourth-order valence-corrected chi connectivity index (χ4v) is 8.85. The Morgan fingerprint density at radius 2 is 1.00 bits per heavy atom. The second-order valence-corrected chi connectivity index (χ2v) is 14.7. The van der Waals surface area contributed by atoms with E-state index in [1.165, 1.54) is 25.6 Å². The lowest BCUT2D eigenvalue weighted by atomic mass is 9.96. The number of benzene rings is 8. The van der Waals surface area contributed by atoms with Crippen molar-refractivity contribution in [1.29, 1.82) is 0 Å². The summed E-state index contributed by atoms with van der Waals surface area (Å²) in [6.07, 6.45) is 0. The number of rotatable bonds is 5. The quantitative estimate of drug-likeness (QED) is 0.179. The molecule has 0 N–H and O–H groups in total. The topological polar surface area (TPSA) is 51.8 Å². The molecule has 0 aliphatic rings. The van der Waals surface area contributed by atoms with Crippen LogP contribution in [0.2, 0.25) is 0 Å². The number of hydrogen-bond donors (Lipinski definition) is 0. The second kappa shape index (κ2) is 12.3. The molecule has 3 aromatic heterocycles. The molecule has 11 aromatic rings. The van der Waals surface area contributed by atoms with Crippen LogP contribution in [0.4, 0.5) is 0 Å². The van der Waals surface area contributed by atoms with Gasteiger partial charge < -0.3 is 4.42 Å². The molecule has 4 nitrogen and oxygen atoms in total. The molecule has 0 bridgehead atoms. The first kappa shape index (κ1) is 30.7. The predicted octanol–water partition coefficient (Wildman–Crippen LogP) is 13.6. The number of nitrogens with zero attached hydrogens (tertiary/aromatic N) is 3. The number of hydrogen-bond acceptors (Lipinski definition) is 5. The Kier molecular flexibility index (Phi) is 7.00. The Labute approximate surface area is 314 Å². The lowest BCUT2D eigenvalue weighted by Gasteiger charge is -2.12. The van der Waals surface area contributed by atoms with Crippen LogP contribution in [0.1, 0.15) is 0 Å². The SMILES string of the molecule is c1ccc(-c2ccc(-c3nc(-c4cc(-c5ccc6ccccc6c5)cc5oc6ccccc6c45)nc(-c4cccc5sc6ccccc6c45)n3)cc2)cc1. The van der Waals surface area contributed by atoms with Crippen LogP contribution in [0.3, 0.4) is 0 Å². The van der Waals surface area contributed by atoms with Crippen molar-refractivity contribution in [3.8, 4) is 56.4 Å². The summed E-state index contributed by atoms with van der Waals surface area (Å²) in [6.45, 7) is 0. The zero-order chi connectivity index (χ0) is 35.6. The van der Waals surface area contributed by atoms with Crippen LogP contribution in [0, 0.1) is 0 Å². The van der Waals surface area contributed by atoms with Crippen LogP contribution in [0.5, 0.6) is 0 Å². The van der Waals surface area contributed by atoms with E-state index in [4.69, 9.17) is 19.4 Å². The normalized spacial score (nSPS) is 11.7. The van der Waals surface area contributed by atoms with Gasteiger partial charge in [-0.15, -0.1) is 11.3 Å². The summed E-state index contributed by atoms with van der Waals surface area (Å²) >= 11 is 1.79. The number of thiophene rings is 1. The molecule has 0 saturated carbocycles. The van der Waals surface area contributed by atoms with Gasteiger partial charge in [0.15, 0.2) is 17.5 Å². The molecule has 0 amide bonds. The van der Waals surface area contributed by atoms with Crippen LogP contribution in [0.25, 0.3) is 109 Å². The molecule has 11 rings (SSSR count). The summed E-state index contributed by atoms with van der Waals surface area (Å²) < 4.78 is 9.01. The van der Waals surface area contributed by atoms with E-state index >= 15 is 0 Å². The van der Waals surface area contributed by atoms with Gasteiger partial charge in [-0.3, -0.25) is 0 Å². The standard InChI is InChI=1S/C49H29N3OS/c1-2-11-30(12-3-1)32-21-24-33(25-22-32)47-50-48(39-17-10-20-44-46(39)38-16-7-9-19-43(38)54-44)52-49(51-47)40-28-36(35-26-23-31-13-4-5-14-34(31)27-35)29-42-45(40)37-15-6-8-18-41(37)53-42/h1-29H.